The lowest BCUT2D eigenvalue weighted by Crippen LogP contribution is -2.38. The second-order valence-electron chi connectivity index (χ2n) is 6.76. The standard InChI is InChI=1S/C19H15Cl2N3O6.C2H6O2/c20-11-3-6-17(30-19(27)23-7-1-2-13(23)10-25)14(8-11)18(26)22-16-5-4-12(24(28)29)9-15(16)21;1-3-4-2/h3-6,8-10,13H,1-2,7H2,(H,22,26);1-2H3. The second kappa shape index (κ2) is 12.8. The number of nitrogens with one attached hydrogen (secondary N) is 1. The summed E-state index contributed by atoms with van der Waals surface area (Å²) in [4.78, 5) is 55.9. The van der Waals surface area contributed by atoms with Crippen LogP contribution in [0.1, 0.15) is 23.2 Å². The van der Waals surface area contributed by atoms with E-state index in [9.17, 15) is 24.5 Å². The molecule has 0 spiro atoms. The zero-order valence-electron chi connectivity index (χ0n) is 18.2. The van der Waals surface area contributed by atoms with Crippen LogP contribution in [0.4, 0.5) is 16.2 Å². The average molecular weight is 514 g/mol. The number of amides is 2. The number of non-ortho nitro benzene ring substituents is 1. The minimum Gasteiger partial charge on any atom is -0.409 e. The SMILES string of the molecule is COOC.O=CC1CCCN1C(=O)Oc1ccc(Cl)cc1C(=O)Nc1ccc([N+](=O)[O-])cc1Cl. The maximum atomic E-state index is 12.8. The Morgan fingerprint density at radius 3 is 2.47 bits per heavy atom. The van der Waals surface area contributed by atoms with E-state index in [2.05, 4.69) is 15.1 Å². The summed E-state index contributed by atoms with van der Waals surface area (Å²) in [6.45, 7) is 0.371. The molecule has 2 amide bonds. The van der Waals surface area contributed by atoms with Gasteiger partial charge in [0.25, 0.3) is 11.6 Å². The maximum Gasteiger partial charge on any atom is 0.415 e. The molecular formula is C21H21Cl2N3O8. The fourth-order valence-electron chi connectivity index (χ4n) is 2.99. The zero-order valence-corrected chi connectivity index (χ0v) is 19.7. The van der Waals surface area contributed by atoms with Gasteiger partial charge in [-0.2, -0.15) is 0 Å². The molecule has 0 saturated carbocycles. The number of hydrogen-bond acceptors (Lipinski definition) is 8. The van der Waals surface area contributed by atoms with E-state index in [1.165, 1.54) is 49.5 Å². The highest BCUT2D eigenvalue weighted by molar-refractivity contribution is 6.34. The van der Waals surface area contributed by atoms with Gasteiger partial charge in [0.1, 0.15) is 12.0 Å². The summed E-state index contributed by atoms with van der Waals surface area (Å²) in [5.41, 5.74) is -0.150. The summed E-state index contributed by atoms with van der Waals surface area (Å²) in [7, 11) is 2.92. The number of nitro groups is 1. The van der Waals surface area contributed by atoms with Crippen molar-refractivity contribution >= 4 is 52.9 Å². The van der Waals surface area contributed by atoms with Crippen molar-refractivity contribution in [1.29, 1.82) is 0 Å². The van der Waals surface area contributed by atoms with E-state index in [1.54, 1.807) is 0 Å². The number of halogens is 2. The van der Waals surface area contributed by atoms with E-state index in [-0.39, 0.29) is 32.7 Å². The normalized spacial score (nSPS) is 14.6. The number of nitro benzene ring substituents is 1. The largest absolute Gasteiger partial charge is 0.415 e. The molecule has 1 aliphatic rings. The van der Waals surface area contributed by atoms with Gasteiger partial charge < -0.3 is 14.8 Å². The lowest BCUT2D eigenvalue weighted by Gasteiger charge is -2.20. The molecule has 0 bridgehead atoms. The molecule has 1 saturated heterocycles. The molecule has 182 valence electrons. The number of carbonyl (C=O) groups excluding carboxylic acids is 3. The van der Waals surface area contributed by atoms with Crippen molar-refractivity contribution < 1.29 is 33.8 Å². The fourth-order valence-corrected chi connectivity index (χ4v) is 3.38. The molecule has 2 aromatic carbocycles. The topological polar surface area (TPSA) is 137 Å². The molecule has 0 aliphatic carbocycles. The van der Waals surface area contributed by atoms with Gasteiger partial charge in [-0.05, 0) is 37.1 Å². The molecule has 1 unspecified atom stereocenters. The fraction of sp³-hybridized carbons (Fsp3) is 0.286. The Hall–Kier alpha value is -3.25. The predicted octanol–water partition coefficient (Wildman–Crippen LogP) is 4.51. The van der Waals surface area contributed by atoms with Gasteiger partial charge in [0, 0.05) is 23.7 Å². The quantitative estimate of drug-likeness (QED) is 0.257. The highest BCUT2D eigenvalue weighted by atomic mass is 35.5. The van der Waals surface area contributed by atoms with Crippen molar-refractivity contribution in [3.05, 3.63) is 62.1 Å². The van der Waals surface area contributed by atoms with Gasteiger partial charge in [0.2, 0.25) is 0 Å². The number of anilines is 1. The van der Waals surface area contributed by atoms with Crippen molar-refractivity contribution in [1.82, 2.24) is 4.90 Å². The van der Waals surface area contributed by atoms with Crippen molar-refractivity contribution in [3.8, 4) is 5.75 Å². The van der Waals surface area contributed by atoms with Crippen LogP contribution in [0.5, 0.6) is 5.75 Å². The first-order valence-corrected chi connectivity index (χ1v) is 10.5. The third-order valence-corrected chi connectivity index (χ3v) is 5.20. The third-order valence-electron chi connectivity index (χ3n) is 4.65. The van der Waals surface area contributed by atoms with Crippen molar-refractivity contribution in [2.24, 2.45) is 0 Å². The lowest BCUT2D eigenvalue weighted by molar-refractivity contribution is -0.384. The Kier molecular flexibility index (Phi) is 10.2. The summed E-state index contributed by atoms with van der Waals surface area (Å²) in [5, 5.41) is 13.5. The first-order chi connectivity index (χ1) is 16.2. The summed E-state index contributed by atoms with van der Waals surface area (Å²) in [6.07, 6.45) is 1.14. The summed E-state index contributed by atoms with van der Waals surface area (Å²) in [5.74, 6) is -0.749. The van der Waals surface area contributed by atoms with Gasteiger partial charge >= 0.3 is 6.09 Å². The van der Waals surface area contributed by atoms with Crippen molar-refractivity contribution in [2.75, 3.05) is 26.1 Å². The van der Waals surface area contributed by atoms with Gasteiger partial charge in [-0.25, -0.2) is 14.6 Å². The number of rotatable bonds is 6. The summed E-state index contributed by atoms with van der Waals surface area (Å²) < 4.78 is 5.34. The molecular weight excluding hydrogens is 493 g/mol. The number of nitrogens with zero attached hydrogens (tertiary/aromatic N) is 2. The Morgan fingerprint density at radius 2 is 1.88 bits per heavy atom. The third kappa shape index (κ3) is 7.12. The van der Waals surface area contributed by atoms with Crippen LogP contribution in [0.2, 0.25) is 10.0 Å². The number of benzene rings is 2. The first kappa shape index (κ1) is 27.0. The van der Waals surface area contributed by atoms with Crippen LogP contribution in [0.25, 0.3) is 0 Å². The molecule has 1 heterocycles. The second-order valence-corrected chi connectivity index (χ2v) is 7.60. The first-order valence-electron chi connectivity index (χ1n) is 9.77. The van der Waals surface area contributed by atoms with E-state index >= 15 is 0 Å². The molecule has 0 aromatic heterocycles. The molecule has 1 aliphatic heterocycles. The predicted molar refractivity (Wildman–Crippen MR) is 123 cm³/mol. The van der Waals surface area contributed by atoms with Gasteiger partial charge in [-0.1, -0.05) is 23.2 Å². The van der Waals surface area contributed by atoms with Crippen LogP contribution in [-0.4, -0.2) is 54.9 Å². The average Bonchev–Trinajstić information content (AvgIpc) is 3.30. The molecule has 2 aromatic rings. The van der Waals surface area contributed by atoms with E-state index < -0.39 is 23.0 Å². The summed E-state index contributed by atoms with van der Waals surface area (Å²) >= 11 is 12.0. The molecule has 13 heteroatoms. The molecule has 1 atom stereocenters. The Balaban J connectivity index is 0.000000945. The number of likely N-dealkylation sites (tertiary alicyclic amines) is 1. The highest BCUT2D eigenvalue weighted by Crippen LogP contribution is 2.30. The van der Waals surface area contributed by atoms with Crippen LogP contribution >= 0.6 is 23.2 Å². The molecule has 11 nitrogen and oxygen atoms in total. The highest BCUT2D eigenvalue weighted by Gasteiger charge is 2.30. The number of aldehydes is 1. The van der Waals surface area contributed by atoms with Crippen molar-refractivity contribution in [3.63, 3.8) is 0 Å². The van der Waals surface area contributed by atoms with Crippen LogP contribution in [-0.2, 0) is 14.6 Å². The number of carbonyl (C=O) groups is 3. The van der Waals surface area contributed by atoms with Crippen LogP contribution < -0.4 is 10.1 Å². The molecule has 1 N–H and O–H groups in total. The van der Waals surface area contributed by atoms with Crippen LogP contribution in [0, 0.1) is 10.1 Å². The molecule has 34 heavy (non-hydrogen) atoms. The smallest absolute Gasteiger partial charge is 0.409 e. The van der Waals surface area contributed by atoms with E-state index in [4.69, 9.17) is 27.9 Å². The van der Waals surface area contributed by atoms with Gasteiger partial charge in [0.15, 0.2) is 0 Å². The maximum absolute atomic E-state index is 12.8. The lowest BCUT2D eigenvalue weighted by atomic mass is 10.1. The zero-order chi connectivity index (χ0) is 25.3. The minimum atomic E-state index is -0.755. The van der Waals surface area contributed by atoms with Gasteiger partial charge in [0.05, 0.1) is 41.5 Å². The van der Waals surface area contributed by atoms with Crippen LogP contribution in [0.15, 0.2) is 36.4 Å². The summed E-state index contributed by atoms with van der Waals surface area (Å²) in [6, 6.07) is 7.12. The Labute approximate surface area is 204 Å². The molecule has 3 rings (SSSR count). The van der Waals surface area contributed by atoms with Gasteiger partial charge in [-0.3, -0.25) is 19.8 Å². The van der Waals surface area contributed by atoms with E-state index in [1.807, 2.05) is 0 Å². The van der Waals surface area contributed by atoms with Crippen LogP contribution in [0.3, 0.4) is 0 Å². The Bertz CT molecular complexity index is 1060. The minimum absolute atomic E-state index is 0.0379. The number of ether oxygens (including phenoxy) is 1. The molecule has 0 radical (unpaired) electrons. The van der Waals surface area contributed by atoms with Crippen molar-refractivity contribution in [2.45, 2.75) is 18.9 Å². The molecule has 1 fully saturated rings. The van der Waals surface area contributed by atoms with E-state index in [0.717, 1.165) is 6.07 Å². The monoisotopic (exact) mass is 513 g/mol. The van der Waals surface area contributed by atoms with Gasteiger partial charge in [-0.15, -0.1) is 0 Å². The Morgan fingerprint density at radius 1 is 1.18 bits per heavy atom. The van der Waals surface area contributed by atoms with E-state index in [0.29, 0.717) is 25.7 Å². The number of hydrogen-bond donors (Lipinski definition) is 1.